The van der Waals surface area contributed by atoms with Crippen molar-refractivity contribution < 1.29 is 0 Å². The molecule has 39 heavy (non-hydrogen) atoms. The van der Waals surface area contributed by atoms with Gasteiger partial charge in [0.1, 0.15) is 26.2 Å². The zero-order valence-corrected chi connectivity index (χ0v) is 22.2. The highest BCUT2D eigenvalue weighted by atomic mass is 16.1. The number of hydrogen-bond acceptors (Lipinski definition) is 0. The van der Waals surface area contributed by atoms with E-state index in [1.807, 2.05) is 0 Å². The Labute approximate surface area is 230 Å². The summed E-state index contributed by atoms with van der Waals surface area (Å²) in [4.78, 5) is 0. The Morgan fingerprint density at radius 1 is 0.436 bits per heavy atom. The van der Waals surface area contributed by atoms with Crippen LogP contribution >= 0.6 is 0 Å². The second kappa shape index (κ2) is 7.23. The molecule has 2 fully saturated rings. The number of fused-ring (bicyclic) bond motifs is 9. The van der Waals surface area contributed by atoms with Gasteiger partial charge in [-0.25, -0.2) is 18.4 Å². The molecule has 4 unspecified atom stereocenters. The summed E-state index contributed by atoms with van der Waals surface area (Å²) in [6.45, 7) is 11.4. The predicted molar refractivity (Wildman–Crippen MR) is 161 cm³/mol. The standard InChI is InChI=1S/C35H32N4/c1-2-36-25-37(36,33-13-7-6-12-32(33)36)23-28-16-18-30-19-17-29(21-31(30)20-28)24-39-26-38(39,22-27-10-4-3-5-11-27)34-14-8-9-15-35(34)39/h3-21,25-26H,2,22-24H2,1H3/q+2. The summed E-state index contributed by atoms with van der Waals surface area (Å²) in [5.74, 6) is 0. The molecule has 4 aliphatic rings. The average molecular weight is 509 g/mol. The summed E-state index contributed by atoms with van der Waals surface area (Å²) in [7, 11) is 0. The largest absolute Gasteiger partial charge is 0.219 e. The molecule has 0 N–H and O–H groups in total. The maximum Gasteiger partial charge on any atom is 0.219 e. The Morgan fingerprint density at radius 2 is 0.872 bits per heavy atom. The third-order valence-corrected chi connectivity index (χ3v) is 9.93. The average Bonchev–Trinajstić information content (AvgIpc) is 3.77. The Morgan fingerprint density at radius 3 is 1.41 bits per heavy atom. The van der Waals surface area contributed by atoms with E-state index in [1.54, 1.807) is 0 Å². The minimum absolute atomic E-state index is 0.915. The van der Waals surface area contributed by atoms with Crippen LogP contribution in [0.15, 0.2) is 115 Å². The molecule has 190 valence electrons. The fourth-order valence-electron chi connectivity index (χ4n) is 7.97. The number of para-hydroxylation sites is 4. The van der Waals surface area contributed by atoms with Crippen LogP contribution in [0.1, 0.15) is 23.6 Å². The van der Waals surface area contributed by atoms with E-state index < -0.39 is 0 Å². The summed E-state index contributed by atoms with van der Waals surface area (Å²) >= 11 is 0. The monoisotopic (exact) mass is 508 g/mol. The third-order valence-electron chi connectivity index (χ3n) is 9.93. The van der Waals surface area contributed by atoms with Crippen molar-refractivity contribution in [2.45, 2.75) is 26.6 Å². The van der Waals surface area contributed by atoms with Crippen LogP contribution in [0.4, 0.5) is 22.7 Å². The van der Waals surface area contributed by atoms with Gasteiger partial charge in [0.15, 0.2) is 13.3 Å². The molecular formula is C35H32N4+2. The van der Waals surface area contributed by atoms with Crippen molar-refractivity contribution in [2.24, 2.45) is 0 Å². The summed E-state index contributed by atoms with van der Waals surface area (Å²) in [6.07, 6.45) is 0. The van der Waals surface area contributed by atoms with Gasteiger partial charge in [0.25, 0.3) is 0 Å². The summed E-state index contributed by atoms with van der Waals surface area (Å²) < 4.78 is 3.79. The molecule has 4 heterocycles. The van der Waals surface area contributed by atoms with E-state index >= 15 is 0 Å². The minimum Gasteiger partial charge on any atom is -0.219 e. The maximum atomic E-state index is 2.52. The molecule has 0 saturated carbocycles. The Bertz CT molecular complexity index is 1810. The molecule has 5 aromatic rings. The molecule has 0 amide bonds. The molecule has 0 aromatic heterocycles. The smallest absolute Gasteiger partial charge is 0.219 e. The minimum atomic E-state index is 0.915. The van der Waals surface area contributed by atoms with Crippen LogP contribution in [0.5, 0.6) is 0 Å². The van der Waals surface area contributed by atoms with Gasteiger partial charge in [-0.1, -0.05) is 78.9 Å². The molecule has 4 heteroatoms. The summed E-state index contributed by atoms with van der Waals surface area (Å²) in [5.41, 5.74) is 10.0. The van der Waals surface area contributed by atoms with E-state index in [9.17, 15) is 0 Å². The number of quaternary nitrogens is 4. The zero-order chi connectivity index (χ0) is 25.9. The van der Waals surface area contributed by atoms with Crippen LogP contribution in [0.25, 0.3) is 10.8 Å². The van der Waals surface area contributed by atoms with Crippen molar-refractivity contribution in [1.82, 2.24) is 18.4 Å². The normalized spacial score (nSPS) is 30.3. The maximum absolute atomic E-state index is 2.52. The van der Waals surface area contributed by atoms with Crippen molar-refractivity contribution in [2.75, 3.05) is 6.54 Å². The second-order valence-electron chi connectivity index (χ2n) is 11.8. The van der Waals surface area contributed by atoms with Crippen LogP contribution in [-0.2, 0) is 19.6 Å². The first-order chi connectivity index (χ1) is 19.1. The second-order valence-corrected chi connectivity index (χ2v) is 11.8. The molecule has 0 bridgehead atoms. The van der Waals surface area contributed by atoms with Crippen molar-refractivity contribution >= 4 is 33.5 Å². The Kier molecular flexibility index (Phi) is 4.09. The van der Waals surface area contributed by atoms with E-state index in [0.717, 1.165) is 44.5 Å². The number of hydrogen-bond donors (Lipinski definition) is 0. The third kappa shape index (κ3) is 2.63. The topological polar surface area (TPSA) is 0 Å². The molecule has 2 saturated heterocycles. The van der Waals surface area contributed by atoms with Crippen LogP contribution in [0, 0.1) is 13.3 Å². The molecule has 4 aliphatic heterocycles. The SMILES string of the molecule is CC[N+]12[CH-][N+]1(Cc1ccc3ccc(C[N+]45[CH-][N+]4(Cc4ccccc4)c4ccccc45)cc3c1)c1ccccc12. The molecule has 4 nitrogen and oxygen atoms in total. The van der Waals surface area contributed by atoms with Crippen LogP contribution < -0.4 is 18.4 Å². The van der Waals surface area contributed by atoms with Gasteiger partial charge in [-0.05, 0) is 29.8 Å². The van der Waals surface area contributed by atoms with Gasteiger partial charge in [-0.2, -0.15) is 0 Å². The van der Waals surface area contributed by atoms with Gasteiger partial charge in [0.05, 0.1) is 0 Å². The van der Waals surface area contributed by atoms with Gasteiger partial charge >= 0.3 is 0 Å². The molecule has 9 rings (SSSR count). The van der Waals surface area contributed by atoms with E-state index in [4.69, 9.17) is 0 Å². The molecule has 4 atom stereocenters. The van der Waals surface area contributed by atoms with E-state index in [1.165, 1.54) is 50.2 Å². The number of benzene rings is 5. The number of nitrogens with zero attached hydrogens (tertiary/aromatic N) is 4. The van der Waals surface area contributed by atoms with Crippen molar-refractivity contribution in [3.63, 3.8) is 0 Å². The lowest BCUT2D eigenvalue weighted by Crippen LogP contribution is -2.52. The van der Waals surface area contributed by atoms with Crippen LogP contribution in [-0.4, -0.2) is 6.54 Å². The predicted octanol–water partition coefficient (Wildman–Crippen LogP) is 7.81. The first-order valence-corrected chi connectivity index (χ1v) is 14.2. The fraction of sp³-hybridized carbons (Fsp3) is 0.143. The van der Waals surface area contributed by atoms with Crippen LogP contribution in [0.2, 0.25) is 0 Å². The Balaban J connectivity index is 1.03. The van der Waals surface area contributed by atoms with Crippen molar-refractivity contribution in [3.8, 4) is 0 Å². The highest BCUT2D eigenvalue weighted by Crippen LogP contribution is 2.69. The van der Waals surface area contributed by atoms with Gasteiger partial charge in [0, 0.05) is 41.0 Å². The quantitative estimate of drug-likeness (QED) is 0.119. The first-order valence-electron chi connectivity index (χ1n) is 14.2. The van der Waals surface area contributed by atoms with Gasteiger partial charge in [-0.15, -0.1) is 0 Å². The van der Waals surface area contributed by atoms with Crippen LogP contribution in [0.3, 0.4) is 0 Å². The van der Waals surface area contributed by atoms with Gasteiger partial charge in [0.2, 0.25) is 22.7 Å². The van der Waals surface area contributed by atoms with Gasteiger partial charge < -0.3 is 0 Å². The number of rotatable bonds is 7. The molecule has 0 radical (unpaired) electrons. The highest BCUT2D eigenvalue weighted by molar-refractivity contribution is 5.88. The first kappa shape index (κ1) is 22.1. The fourth-order valence-corrected chi connectivity index (χ4v) is 7.97. The molecule has 0 aliphatic carbocycles. The lowest BCUT2D eigenvalue weighted by atomic mass is 10.0. The van der Waals surface area contributed by atoms with Crippen molar-refractivity contribution in [3.05, 3.63) is 145 Å². The van der Waals surface area contributed by atoms with E-state index in [0.29, 0.717) is 0 Å². The Hall–Kier alpha value is -3.80. The molecular weight excluding hydrogens is 476 g/mol. The summed E-state index contributed by atoms with van der Waals surface area (Å²) in [6, 6.07) is 43.1. The lowest BCUT2D eigenvalue weighted by Gasteiger charge is -2.40. The van der Waals surface area contributed by atoms with Crippen molar-refractivity contribution in [1.29, 1.82) is 0 Å². The van der Waals surface area contributed by atoms with E-state index in [-0.39, 0.29) is 0 Å². The summed E-state index contributed by atoms with van der Waals surface area (Å²) in [5, 5.41) is 2.67. The zero-order valence-electron chi connectivity index (χ0n) is 22.2. The molecule has 5 aromatic carbocycles. The van der Waals surface area contributed by atoms with E-state index in [2.05, 4.69) is 136 Å². The van der Waals surface area contributed by atoms with Gasteiger partial charge in [-0.3, -0.25) is 0 Å². The molecule has 0 spiro atoms. The highest BCUT2D eigenvalue weighted by Gasteiger charge is 2.75. The lowest BCUT2D eigenvalue weighted by molar-refractivity contribution is 0.245.